The van der Waals surface area contributed by atoms with Gasteiger partial charge in [0, 0.05) is 13.5 Å². The van der Waals surface area contributed by atoms with Crippen LogP contribution in [0.25, 0.3) is 0 Å². The van der Waals surface area contributed by atoms with Gasteiger partial charge in [-0.2, -0.15) is 0 Å². The highest BCUT2D eigenvalue weighted by Crippen LogP contribution is 2.33. The Labute approximate surface area is 154 Å². The van der Waals surface area contributed by atoms with Gasteiger partial charge in [0.2, 0.25) is 11.7 Å². The number of nitrogens with one attached hydrogen (secondary N) is 1. The summed E-state index contributed by atoms with van der Waals surface area (Å²) in [7, 11) is 0. The van der Waals surface area contributed by atoms with Crippen molar-refractivity contribution in [3.8, 4) is 5.75 Å². The summed E-state index contributed by atoms with van der Waals surface area (Å²) in [5.74, 6) is -1.96. The molecule has 0 radical (unpaired) electrons. The molecule has 2 aromatic rings. The number of halogens is 1. The van der Waals surface area contributed by atoms with Crippen molar-refractivity contribution in [2.24, 2.45) is 0 Å². The highest BCUT2D eigenvalue weighted by atomic mass is 19.1. The Bertz CT molecular complexity index is 982. The topological polar surface area (TPSA) is 105 Å². The molecule has 1 aromatic carbocycles. The van der Waals surface area contributed by atoms with Crippen molar-refractivity contribution in [3.05, 3.63) is 57.5 Å². The van der Waals surface area contributed by atoms with Crippen molar-refractivity contribution < 1.29 is 19.1 Å². The van der Waals surface area contributed by atoms with E-state index in [4.69, 9.17) is 0 Å². The molecular weight excluding hydrogens is 355 g/mol. The standard InChI is InChI=1S/C18H19FN4O4/c1-10(24)23-9-22-16(27)14(25)13(21-17(22)18(23,2)3)15(26)20-8-11-4-6-12(19)7-5-11/h4-7,25H,8-9H2,1-3H3,(H,20,26). The Morgan fingerprint density at radius 3 is 2.52 bits per heavy atom. The van der Waals surface area contributed by atoms with Gasteiger partial charge < -0.3 is 15.3 Å². The van der Waals surface area contributed by atoms with Gasteiger partial charge in [-0.1, -0.05) is 12.1 Å². The summed E-state index contributed by atoms with van der Waals surface area (Å²) in [6, 6.07) is 5.54. The summed E-state index contributed by atoms with van der Waals surface area (Å²) in [5, 5.41) is 12.7. The van der Waals surface area contributed by atoms with Crippen LogP contribution in [0.5, 0.6) is 5.75 Å². The first-order valence-corrected chi connectivity index (χ1v) is 8.28. The third-order valence-electron chi connectivity index (χ3n) is 4.61. The normalized spacial score (nSPS) is 14.7. The molecule has 142 valence electrons. The summed E-state index contributed by atoms with van der Waals surface area (Å²) < 4.78 is 14.1. The molecule has 27 heavy (non-hydrogen) atoms. The first-order valence-electron chi connectivity index (χ1n) is 8.28. The smallest absolute Gasteiger partial charge is 0.298 e. The van der Waals surface area contributed by atoms with Crippen LogP contribution in [-0.2, 0) is 23.5 Å². The Balaban J connectivity index is 1.91. The third kappa shape index (κ3) is 3.16. The third-order valence-corrected chi connectivity index (χ3v) is 4.61. The predicted molar refractivity (Wildman–Crippen MR) is 93.3 cm³/mol. The minimum atomic E-state index is -0.912. The molecule has 0 unspecified atom stereocenters. The van der Waals surface area contributed by atoms with E-state index in [0.717, 1.165) is 0 Å². The lowest BCUT2D eigenvalue weighted by Crippen LogP contribution is -2.39. The van der Waals surface area contributed by atoms with E-state index in [0.29, 0.717) is 5.56 Å². The second kappa shape index (κ2) is 6.49. The van der Waals surface area contributed by atoms with Crippen LogP contribution in [0.3, 0.4) is 0 Å². The number of amides is 2. The second-order valence-electron chi connectivity index (χ2n) is 6.82. The van der Waals surface area contributed by atoms with Crippen LogP contribution in [0.4, 0.5) is 4.39 Å². The fourth-order valence-corrected chi connectivity index (χ4v) is 3.10. The molecular formula is C18H19FN4O4. The molecule has 3 rings (SSSR count). The second-order valence-corrected chi connectivity index (χ2v) is 6.82. The van der Waals surface area contributed by atoms with Crippen LogP contribution < -0.4 is 10.9 Å². The number of benzene rings is 1. The van der Waals surface area contributed by atoms with Gasteiger partial charge in [0.15, 0.2) is 5.69 Å². The SMILES string of the molecule is CC(=O)N1Cn2c(nc(C(=O)NCc3ccc(F)cc3)c(O)c2=O)C1(C)C. The highest BCUT2D eigenvalue weighted by Gasteiger charge is 2.42. The van der Waals surface area contributed by atoms with Crippen molar-refractivity contribution in [1.29, 1.82) is 0 Å². The molecule has 0 saturated heterocycles. The van der Waals surface area contributed by atoms with E-state index in [-0.39, 0.29) is 24.9 Å². The fraction of sp³-hybridized carbons (Fsp3) is 0.333. The quantitative estimate of drug-likeness (QED) is 0.836. The Kier molecular flexibility index (Phi) is 4.46. The predicted octanol–water partition coefficient (Wildman–Crippen LogP) is 1.07. The van der Waals surface area contributed by atoms with E-state index < -0.39 is 34.3 Å². The number of hydrogen-bond donors (Lipinski definition) is 2. The van der Waals surface area contributed by atoms with E-state index in [1.54, 1.807) is 13.8 Å². The molecule has 9 heteroatoms. The molecule has 1 aliphatic rings. The maximum absolute atomic E-state index is 12.9. The van der Waals surface area contributed by atoms with E-state index in [2.05, 4.69) is 10.3 Å². The van der Waals surface area contributed by atoms with Crippen LogP contribution in [0.1, 0.15) is 42.6 Å². The van der Waals surface area contributed by atoms with Gasteiger partial charge in [-0.05, 0) is 31.5 Å². The average Bonchev–Trinajstić information content (AvgIpc) is 2.88. The van der Waals surface area contributed by atoms with Crippen LogP contribution in [0.15, 0.2) is 29.1 Å². The first kappa shape index (κ1) is 18.6. The first-order chi connectivity index (χ1) is 12.6. The van der Waals surface area contributed by atoms with E-state index >= 15 is 0 Å². The molecule has 0 saturated carbocycles. The monoisotopic (exact) mass is 374 g/mol. The van der Waals surface area contributed by atoms with Crippen molar-refractivity contribution in [1.82, 2.24) is 19.8 Å². The van der Waals surface area contributed by atoms with Crippen molar-refractivity contribution >= 4 is 11.8 Å². The molecule has 1 aromatic heterocycles. The number of carbonyl (C=O) groups is 2. The molecule has 8 nitrogen and oxygen atoms in total. The molecule has 1 aliphatic heterocycles. The van der Waals surface area contributed by atoms with Crippen LogP contribution in [0.2, 0.25) is 0 Å². The van der Waals surface area contributed by atoms with Crippen LogP contribution >= 0.6 is 0 Å². The zero-order valence-electron chi connectivity index (χ0n) is 15.1. The number of fused-ring (bicyclic) bond motifs is 1. The minimum Gasteiger partial charge on any atom is -0.501 e. The van der Waals surface area contributed by atoms with Gasteiger partial charge in [-0.3, -0.25) is 19.0 Å². The Morgan fingerprint density at radius 2 is 1.93 bits per heavy atom. The average molecular weight is 374 g/mol. The van der Waals surface area contributed by atoms with Crippen molar-refractivity contribution in [2.45, 2.75) is 39.5 Å². The van der Waals surface area contributed by atoms with Gasteiger partial charge in [-0.15, -0.1) is 0 Å². The number of hydrogen-bond acceptors (Lipinski definition) is 5. The number of aromatic hydroxyl groups is 1. The van der Waals surface area contributed by atoms with Gasteiger partial charge in [0.05, 0.1) is 5.54 Å². The molecule has 2 heterocycles. The Hall–Kier alpha value is -3.23. The number of nitrogens with zero attached hydrogens (tertiary/aromatic N) is 3. The largest absolute Gasteiger partial charge is 0.501 e. The van der Waals surface area contributed by atoms with Crippen LogP contribution in [-0.4, -0.2) is 31.4 Å². The summed E-state index contributed by atoms with van der Waals surface area (Å²) in [4.78, 5) is 42.4. The van der Waals surface area contributed by atoms with E-state index in [9.17, 15) is 23.9 Å². The number of carbonyl (C=O) groups excluding carboxylic acids is 2. The van der Waals surface area contributed by atoms with Crippen LogP contribution in [0, 0.1) is 5.82 Å². The van der Waals surface area contributed by atoms with E-state index in [1.165, 1.54) is 40.7 Å². The molecule has 2 amide bonds. The van der Waals surface area contributed by atoms with Crippen molar-refractivity contribution in [2.75, 3.05) is 0 Å². The maximum atomic E-state index is 12.9. The molecule has 0 bridgehead atoms. The number of rotatable bonds is 3. The summed E-state index contributed by atoms with van der Waals surface area (Å²) in [5.41, 5.74) is -1.47. The zero-order chi connectivity index (χ0) is 19.9. The molecule has 0 fully saturated rings. The van der Waals surface area contributed by atoms with E-state index in [1.807, 2.05) is 0 Å². The molecule has 0 aliphatic carbocycles. The van der Waals surface area contributed by atoms with Crippen molar-refractivity contribution in [3.63, 3.8) is 0 Å². The fourth-order valence-electron chi connectivity index (χ4n) is 3.10. The lowest BCUT2D eigenvalue weighted by molar-refractivity contribution is -0.134. The number of aromatic nitrogens is 2. The lowest BCUT2D eigenvalue weighted by Gasteiger charge is -2.28. The minimum absolute atomic E-state index is 0.0471. The summed E-state index contributed by atoms with van der Waals surface area (Å²) in [6.45, 7) is 4.80. The highest BCUT2D eigenvalue weighted by molar-refractivity contribution is 5.94. The van der Waals surface area contributed by atoms with Gasteiger partial charge in [0.25, 0.3) is 11.5 Å². The summed E-state index contributed by atoms with van der Waals surface area (Å²) in [6.07, 6.45) is 0. The van der Waals surface area contributed by atoms with Gasteiger partial charge in [0.1, 0.15) is 18.3 Å². The van der Waals surface area contributed by atoms with Gasteiger partial charge >= 0.3 is 0 Å². The maximum Gasteiger partial charge on any atom is 0.298 e. The molecule has 0 atom stereocenters. The zero-order valence-corrected chi connectivity index (χ0v) is 15.1. The molecule has 0 spiro atoms. The Morgan fingerprint density at radius 1 is 1.30 bits per heavy atom. The summed E-state index contributed by atoms with van der Waals surface area (Å²) >= 11 is 0. The lowest BCUT2D eigenvalue weighted by atomic mass is 10.0. The molecule has 2 N–H and O–H groups in total. The van der Waals surface area contributed by atoms with Gasteiger partial charge in [-0.25, -0.2) is 9.37 Å².